The molecule has 0 aliphatic heterocycles. The summed E-state index contributed by atoms with van der Waals surface area (Å²) >= 11 is 0. The maximum Gasteiger partial charge on any atom is 0.358 e. The molecule has 7 nitrogen and oxygen atoms in total. The SMILES string of the molecule is COC(=O)c1cnc(NC(C)C(=O)N(C)C)cn1. The van der Waals surface area contributed by atoms with E-state index < -0.39 is 12.0 Å². The maximum atomic E-state index is 11.6. The Hall–Kier alpha value is -2.18. The third-order valence-corrected chi connectivity index (χ3v) is 2.22. The number of nitrogens with zero attached hydrogens (tertiary/aromatic N) is 3. The summed E-state index contributed by atoms with van der Waals surface area (Å²) in [4.78, 5) is 32.1. The molecule has 1 amide bonds. The third kappa shape index (κ3) is 3.41. The lowest BCUT2D eigenvalue weighted by atomic mass is 10.3. The van der Waals surface area contributed by atoms with Crippen LogP contribution in [0.4, 0.5) is 5.82 Å². The summed E-state index contributed by atoms with van der Waals surface area (Å²) < 4.78 is 4.50. The minimum absolute atomic E-state index is 0.0751. The van der Waals surface area contributed by atoms with Crippen LogP contribution in [0, 0.1) is 0 Å². The number of methoxy groups -OCH3 is 1. The highest BCUT2D eigenvalue weighted by atomic mass is 16.5. The Morgan fingerprint density at radius 1 is 1.33 bits per heavy atom. The Morgan fingerprint density at radius 2 is 2.00 bits per heavy atom. The van der Waals surface area contributed by atoms with E-state index in [1.54, 1.807) is 21.0 Å². The van der Waals surface area contributed by atoms with Crippen molar-refractivity contribution in [2.45, 2.75) is 13.0 Å². The zero-order chi connectivity index (χ0) is 13.7. The van der Waals surface area contributed by atoms with Crippen LogP contribution in [-0.4, -0.2) is 54.0 Å². The molecule has 0 saturated heterocycles. The highest BCUT2D eigenvalue weighted by Gasteiger charge is 2.15. The summed E-state index contributed by atoms with van der Waals surface area (Å²) in [5.74, 6) is -0.203. The second-order valence-corrected chi connectivity index (χ2v) is 3.88. The number of amides is 1. The summed E-state index contributed by atoms with van der Waals surface area (Å²) in [6.07, 6.45) is 2.67. The molecular formula is C11H16N4O3. The molecule has 0 aromatic carbocycles. The Labute approximate surface area is 105 Å². The summed E-state index contributed by atoms with van der Waals surface area (Å²) in [6.45, 7) is 1.72. The quantitative estimate of drug-likeness (QED) is 0.768. The average Bonchev–Trinajstić information content (AvgIpc) is 2.37. The lowest BCUT2D eigenvalue weighted by molar-refractivity contribution is -0.129. The van der Waals surface area contributed by atoms with Crippen LogP contribution >= 0.6 is 0 Å². The van der Waals surface area contributed by atoms with Crippen molar-refractivity contribution in [3.63, 3.8) is 0 Å². The number of carbonyl (C=O) groups is 2. The molecule has 18 heavy (non-hydrogen) atoms. The lowest BCUT2D eigenvalue weighted by Gasteiger charge is -2.18. The van der Waals surface area contributed by atoms with E-state index in [1.807, 2.05) is 0 Å². The molecule has 0 radical (unpaired) electrons. The van der Waals surface area contributed by atoms with E-state index in [0.29, 0.717) is 5.82 Å². The number of esters is 1. The topological polar surface area (TPSA) is 84.4 Å². The number of likely N-dealkylation sites (N-methyl/N-ethyl adjacent to an activating group) is 1. The summed E-state index contributed by atoms with van der Waals surface area (Å²) in [7, 11) is 4.62. The van der Waals surface area contributed by atoms with Gasteiger partial charge in [0, 0.05) is 14.1 Å². The largest absolute Gasteiger partial charge is 0.464 e. The molecule has 1 atom stereocenters. The van der Waals surface area contributed by atoms with Crippen molar-refractivity contribution in [2.75, 3.05) is 26.5 Å². The Balaban J connectivity index is 2.69. The van der Waals surface area contributed by atoms with Crippen molar-refractivity contribution < 1.29 is 14.3 Å². The van der Waals surface area contributed by atoms with Gasteiger partial charge in [-0.2, -0.15) is 0 Å². The minimum Gasteiger partial charge on any atom is -0.464 e. The molecule has 1 aromatic heterocycles. The molecule has 1 aromatic rings. The Morgan fingerprint density at radius 3 is 2.44 bits per heavy atom. The zero-order valence-corrected chi connectivity index (χ0v) is 10.8. The Bertz CT molecular complexity index is 430. The normalized spacial score (nSPS) is 11.6. The van der Waals surface area contributed by atoms with Crippen molar-refractivity contribution in [3.8, 4) is 0 Å². The first kappa shape index (κ1) is 13.9. The number of anilines is 1. The van der Waals surface area contributed by atoms with Gasteiger partial charge in [-0.05, 0) is 6.92 Å². The van der Waals surface area contributed by atoms with E-state index in [2.05, 4.69) is 20.0 Å². The molecule has 0 fully saturated rings. The number of aromatic nitrogens is 2. The highest BCUT2D eigenvalue weighted by Crippen LogP contribution is 2.05. The second-order valence-electron chi connectivity index (χ2n) is 3.88. The molecule has 1 heterocycles. The van der Waals surface area contributed by atoms with Gasteiger partial charge in [0.05, 0.1) is 19.5 Å². The van der Waals surface area contributed by atoms with Crippen LogP contribution in [0.3, 0.4) is 0 Å². The average molecular weight is 252 g/mol. The van der Waals surface area contributed by atoms with Crippen molar-refractivity contribution in [2.24, 2.45) is 0 Å². The van der Waals surface area contributed by atoms with Crippen molar-refractivity contribution in [1.29, 1.82) is 0 Å². The fraction of sp³-hybridized carbons (Fsp3) is 0.455. The number of nitrogens with one attached hydrogen (secondary N) is 1. The second kappa shape index (κ2) is 5.95. The van der Waals surface area contributed by atoms with Crippen LogP contribution in [-0.2, 0) is 9.53 Å². The van der Waals surface area contributed by atoms with Gasteiger partial charge in [0.15, 0.2) is 5.69 Å². The standard InChI is InChI=1S/C11H16N4O3/c1-7(10(16)15(2)3)14-9-6-12-8(5-13-9)11(17)18-4/h5-7H,1-4H3,(H,13,14). The van der Waals surface area contributed by atoms with Crippen LogP contribution in [0.1, 0.15) is 17.4 Å². The molecule has 1 rings (SSSR count). The van der Waals surface area contributed by atoms with Crippen LogP contribution in [0.2, 0.25) is 0 Å². The van der Waals surface area contributed by atoms with Crippen LogP contribution < -0.4 is 5.32 Å². The first-order valence-electron chi connectivity index (χ1n) is 5.33. The summed E-state index contributed by atoms with van der Waals surface area (Å²) in [5.41, 5.74) is 0.120. The fourth-order valence-electron chi connectivity index (χ4n) is 1.28. The maximum absolute atomic E-state index is 11.6. The molecule has 0 aliphatic carbocycles. The van der Waals surface area contributed by atoms with E-state index in [1.165, 1.54) is 24.4 Å². The lowest BCUT2D eigenvalue weighted by Crippen LogP contribution is -2.36. The van der Waals surface area contributed by atoms with Gasteiger partial charge in [-0.15, -0.1) is 0 Å². The smallest absolute Gasteiger partial charge is 0.358 e. The van der Waals surface area contributed by atoms with E-state index in [-0.39, 0.29) is 11.6 Å². The van der Waals surface area contributed by atoms with Crippen LogP contribution in [0.5, 0.6) is 0 Å². The van der Waals surface area contributed by atoms with Gasteiger partial charge in [0.1, 0.15) is 11.9 Å². The predicted octanol–water partition coefficient (Wildman–Crippen LogP) is 0.152. The van der Waals surface area contributed by atoms with Gasteiger partial charge in [-0.25, -0.2) is 14.8 Å². The van der Waals surface area contributed by atoms with Crippen LogP contribution in [0.15, 0.2) is 12.4 Å². The molecule has 0 aliphatic rings. The van der Waals surface area contributed by atoms with Gasteiger partial charge in [-0.3, -0.25) is 4.79 Å². The van der Waals surface area contributed by atoms with E-state index in [9.17, 15) is 9.59 Å². The fourth-order valence-corrected chi connectivity index (χ4v) is 1.28. The van der Waals surface area contributed by atoms with Gasteiger partial charge in [0.25, 0.3) is 0 Å². The van der Waals surface area contributed by atoms with E-state index >= 15 is 0 Å². The third-order valence-electron chi connectivity index (χ3n) is 2.22. The molecule has 98 valence electrons. The number of ether oxygens (including phenoxy) is 1. The number of hydrogen-bond donors (Lipinski definition) is 1. The van der Waals surface area contributed by atoms with Gasteiger partial charge < -0.3 is 15.0 Å². The van der Waals surface area contributed by atoms with Gasteiger partial charge >= 0.3 is 5.97 Å². The predicted molar refractivity (Wildman–Crippen MR) is 65.2 cm³/mol. The van der Waals surface area contributed by atoms with Crippen molar-refractivity contribution in [3.05, 3.63) is 18.1 Å². The van der Waals surface area contributed by atoms with E-state index in [4.69, 9.17) is 0 Å². The van der Waals surface area contributed by atoms with Gasteiger partial charge in [-0.1, -0.05) is 0 Å². The molecule has 1 unspecified atom stereocenters. The number of rotatable bonds is 4. The molecule has 0 saturated carbocycles. The van der Waals surface area contributed by atoms with Crippen LogP contribution in [0.25, 0.3) is 0 Å². The Kier molecular flexibility index (Phi) is 4.59. The number of hydrogen-bond acceptors (Lipinski definition) is 6. The first-order valence-corrected chi connectivity index (χ1v) is 5.33. The molecule has 0 bridgehead atoms. The summed E-state index contributed by atoms with van der Waals surface area (Å²) in [6, 6.07) is -0.418. The zero-order valence-electron chi connectivity index (χ0n) is 10.8. The molecule has 0 spiro atoms. The molecule has 1 N–H and O–H groups in total. The monoisotopic (exact) mass is 252 g/mol. The molecule has 7 heteroatoms. The first-order chi connectivity index (χ1) is 8.45. The molecular weight excluding hydrogens is 236 g/mol. The number of carbonyl (C=O) groups excluding carboxylic acids is 2. The minimum atomic E-state index is -0.550. The highest BCUT2D eigenvalue weighted by molar-refractivity contribution is 5.87. The van der Waals surface area contributed by atoms with E-state index in [0.717, 1.165) is 0 Å². The summed E-state index contributed by atoms with van der Waals surface area (Å²) in [5, 5.41) is 2.89. The van der Waals surface area contributed by atoms with Gasteiger partial charge in [0.2, 0.25) is 5.91 Å². The van der Waals surface area contributed by atoms with Crippen molar-refractivity contribution in [1.82, 2.24) is 14.9 Å². The van der Waals surface area contributed by atoms with Crippen molar-refractivity contribution >= 4 is 17.7 Å².